The molecule has 3 rings (SSSR count). The monoisotopic (exact) mass is 485 g/mol. The third kappa shape index (κ3) is 6.75. The highest BCUT2D eigenvalue weighted by molar-refractivity contribution is 7.91. The fraction of sp³-hybridized carbons (Fsp3) is 0.550. The second-order valence-corrected chi connectivity index (χ2v) is 11.8. The predicted octanol–water partition coefficient (Wildman–Crippen LogP) is 2.95. The third-order valence-corrected chi connectivity index (χ3v) is 8.57. The van der Waals surface area contributed by atoms with E-state index in [2.05, 4.69) is 29.4 Å². The highest BCUT2D eigenvalue weighted by Crippen LogP contribution is 2.30. The molecule has 1 amide bonds. The molecule has 1 fully saturated rings. The van der Waals surface area contributed by atoms with Crippen LogP contribution in [0.3, 0.4) is 0 Å². The first-order valence-corrected chi connectivity index (χ1v) is 13.7. The summed E-state index contributed by atoms with van der Waals surface area (Å²) in [6.45, 7) is 4.46. The number of ether oxygens (including phenoxy) is 1. The molecule has 0 aromatic carbocycles. The molecule has 0 radical (unpaired) electrons. The Bertz CT molecular complexity index is 1010. The molecule has 1 aliphatic heterocycles. The maximum Gasteiger partial charge on any atom is 0.306 e. The zero-order valence-electron chi connectivity index (χ0n) is 17.6. The largest absolute Gasteiger partial charge is 0.456 e. The van der Waals surface area contributed by atoms with Crippen LogP contribution in [0.25, 0.3) is 10.6 Å². The van der Waals surface area contributed by atoms with Crippen molar-refractivity contribution in [3.63, 3.8) is 0 Å². The summed E-state index contributed by atoms with van der Waals surface area (Å²) < 4.78 is 28.4. The average Bonchev–Trinajstić information content (AvgIpc) is 3.44. The summed E-state index contributed by atoms with van der Waals surface area (Å²) in [5, 5.41) is 6.01. The van der Waals surface area contributed by atoms with Crippen molar-refractivity contribution in [3.05, 3.63) is 22.4 Å². The molecule has 1 aliphatic rings. The first kappa shape index (κ1) is 23.7. The highest BCUT2D eigenvalue weighted by atomic mass is 32.2. The van der Waals surface area contributed by atoms with Crippen LogP contribution >= 0.6 is 22.7 Å². The summed E-state index contributed by atoms with van der Waals surface area (Å²) in [6, 6.07) is 3.80. The quantitative estimate of drug-likeness (QED) is 0.407. The van der Waals surface area contributed by atoms with Crippen LogP contribution in [-0.2, 0) is 24.2 Å². The van der Waals surface area contributed by atoms with Crippen LogP contribution in [0.15, 0.2) is 17.5 Å². The molecule has 1 saturated heterocycles. The number of nitrogens with zero attached hydrogens (tertiary/aromatic N) is 2. The van der Waals surface area contributed by atoms with Gasteiger partial charge in [0, 0.05) is 35.8 Å². The van der Waals surface area contributed by atoms with Crippen LogP contribution in [0.1, 0.15) is 31.1 Å². The maximum atomic E-state index is 12.3. The average molecular weight is 486 g/mol. The number of sulfone groups is 1. The number of aryl methyl sites for hydroxylation is 1. The predicted molar refractivity (Wildman–Crippen MR) is 123 cm³/mol. The fourth-order valence-corrected chi connectivity index (χ4v) is 6.80. The molecular formula is C20H27N3O5S3. The number of thiazole rings is 1. The van der Waals surface area contributed by atoms with E-state index in [0.29, 0.717) is 25.9 Å². The number of aromatic nitrogens is 1. The van der Waals surface area contributed by atoms with Gasteiger partial charge in [0.25, 0.3) is 5.91 Å². The zero-order valence-corrected chi connectivity index (χ0v) is 20.1. The molecule has 1 atom stereocenters. The Morgan fingerprint density at radius 3 is 2.81 bits per heavy atom. The first-order valence-electron chi connectivity index (χ1n) is 10.2. The standard InChI is InChI=1S/C20H27N3O5S3/c1-3-23(15-8-10-31(26,27)13-15)18(24)11-28-19(25)5-4-9-21-20-22-16(12-29-20)17-7-6-14(2)30-17/h6-7,12,15H,3-5,8-11,13H2,1-2H3,(H,21,22). The minimum Gasteiger partial charge on any atom is -0.456 e. The van der Waals surface area contributed by atoms with Gasteiger partial charge in [0.15, 0.2) is 21.6 Å². The van der Waals surface area contributed by atoms with E-state index in [9.17, 15) is 18.0 Å². The van der Waals surface area contributed by atoms with Gasteiger partial charge in [-0.15, -0.1) is 22.7 Å². The molecule has 2 aromatic heterocycles. The van der Waals surface area contributed by atoms with E-state index in [1.807, 2.05) is 5.38 Å². The van der Waals surface area contributed by atoms with Crippen LogP contribution in [0.4, 0.5) is 5.13 Å². The number of anilines is 1. The summed E-state index contributed by atoms with van der Waals surface area (Å²) in [5.74, 6) is -0.715. The molecular weight excluding hydrogens is 458 g/mol. The Labute approximate surface area is 190 Å². The number of rotatable bonds is 10. The van der Waals surface area contributed by atoms with Gasteiger partial charge in [-0.25, -0.2) is 13.4 Å². The molecule has 2 aromatic rings. The van der Waals surface area contributed by atoms with Crippen molar-refractivity contribution < 1.29 is 22.7 Å². The molecule has 8 nitrogen and oxygen atoms in total. The summed E-state index contributed by atoms with van der Waals surface area (Å²) in [5.41, 5.74) is 0.944. The second kappa shape index (κ2) is 10.6. The molecule has 0 spiro atoms. The third-order valence-electron chi connectivity index (χ3n) is 5.00. The SMILES string of the molecule is CCN(C(=O)COC(=O)CCCNc1nc(-c2ccc(C)s2)cs1)C1CCS(=O)(=O)C1. The zero-order chi connectivity index (χ0) is 22.4. The van der Waals surface area contributed by atoms with Crippen molar-refractivity contribution in [1.82, 2.24) is 9.88 Å². The first-order chi connectivity index (χ1) is 14.8. The summed E-state index contributed by atoms with van der Waals surface area (Å²) >= 11 is 3.22. The smallest absolute Gasteiger partial charge is 0.306 e. The number of carbonyl (C=O) groups excluding carboxylic acids is 2. The maximum absolute atomic E-state index is 12.3. The van der Waals surface area contributed by atoms with Gasteiger partial charge in [0.05, 0.1) is 22.1 Å². The van der Waals surface area contributed by atoms with Crippen LogP contribution in [0, 0.1) is 6.92 Å². The van der Waals surface area contributed by atoms with E-state index in [1.165, 1.54) is 21.1 Å². The molecule has 170 valence electrons. The van der Waals surface area contributed by atoms with Crippen LogP contribution in [0.2, 0.25) is 0 Å². The van der Waals surface area contributed by atoms with Crippen molar-refractivity contribution in [1.29, 1.82) is 0 Å². The van der Waals surface area contributed by atoms with E-state index in [1.54, 1.807) is 18.3 Å². The Balaban J connectivity index is 1.35. The number of amides is 1. The van der Waals surface area contributed by atoms with Gasteiger partial charge in [0.2, 0.25) is 0 Å². The van der Waals surface area contributed by atoms with Crippen molar-refractivity contribution in [3.8, 4) is 10.6 Å². The van der Waals surface area contributed by atoms with Crippen molar-refractivity contribution in [2.45, 2.75) is 39.2 Å². The van der Waals surface area contributed by atoms with Crippen molar-refractivity contribution in [2.24, 2.45) is 0 Å². The van der Waals surface area contributed by atoms with E-state index in [0.717, 1.165) is 15.7 Å². The number of carbonyl (C=O) groups is 2. The Morgan fingerprint density at radius 2 is 2.16 bits per heavy atom. The van der Waals surface area contributed by atoms with Crippen LogP contribution in [-0.4, -0.2) is 67.4 Å². The van der Waals surface area contributed by atoms with Gasteiger partial charge in [-0.05, 0) is 38.8 Å². The second-order valence-electron chi connectivity index (χ2n) is 7.38. The number of esters is 1. The summed E-state index contributed by atoms with van der Waals surface area (Å²) in [4.78, 5) is 32.7. The van der Waals surface area contributed by atoms with Crippen LogP contribution < -0.4 is 5.32 Å². The number of hydrogen-bond acceptors (Lipinski definition) is 9. The lowest BCUT2D eigenvalue weighted by Gasteiger charge is -2.26. The van der Waals surface area contributed by atoms with Gasteiger partial charge in [0.1, 0.15) is 0 Å². The van der Waals surface area contributed by atoms with Gasteiger partial charge >= 0.3 is 5.97 Å². The van der Waals surface area contributed by atoms with E-state index >= 15 is 0 Å². The van der Waals surface area contributed by atoms with Gasteiger partial charge in [-0.1, -0.05) is 0 Å². The lowest BCUT2D eigenvalue weighted by atomic mass is 10.2. The summed E-state index contributed by atoms with van der Waals surface area (Å²) in [7, 11) is -3.08. The van der Waals surface area contributed by atoms with E-state index < -0.39 is 15.8 Å². The Kier molecular flexibility index (Phi) is 8.06. The molecule has 3 heterocycles. The van der Waals surface area contributed by atoms with Gasteiger partial charge in [-0.3, -0.25) is 9.59 Å². The molecule has 1 unspecified atom stereocenters. The number of nitrogens with one attached hydrogen (secondary N) is 1. The van der Waals surface area contributed by atoms with Crippen molar-refractivity contribution in [2.75, 3.05) is 36.5 Å². The topological polar surface area (TPSA) is 106 Å². The molecule has 0 saturated carbocycles. The minimum absolute atomic E-state index is 0.0171. The normalized spacial score (nSPS) is 17.4. The van der Waals surface area contributed by atoms with Crippen LogP contribution in [0.5, 0.6) is 0 Å². The molecule has 31 heavy (non-hydrogen) atoms. The molecule has 0 bridgehead atoms. The fourth-order valence-electron chi connectivity index (χ4n) is 3.43. The minimum atomic E-state index is -3.08. The number of thiophene rings is 1. The number of likely N-dealkylation sites (N-methyl/N-ethyl adjacent to an activating group) is 1. The summed E-state index contributed by atoms with van der Waals surface area (Å²) in [6.07, 6.45) is 1.18. The highest BCUT2D eigenvalue weighted by Gasteiger charge is 2.34. The number of hydrogen-bond donors (Lipinski definition) is 1. The van der Waals surface area contributed by atoms with Gasteiger partial charge in [-0.2, -0.15) is 0 Å². The van der Waals surface area contributed by atoms with Gasteiger partial charge < -0.3 is 15.0 Å². The lowest BCUT2D eigenvalue weighted by molar-refractivity contribution is -0.152. The molecule has 0 aliphatic carbocycles. The Morgan fingerprint density at radius 1 is 1.35 bits per heavy atom. The lowest BCUT2D eigenvalue weighted by Crippen LogP contribution is -2.43. The van der Waals surface area contributed by atoms with Crippen molar-refractivity contribution >= 4 is 49.5 Å². The molecule has 1 N–H and O–H groups in total. The Hall–Kier alpha value is -1.98. The molecule has 11 heteroatoms. The van der Waals surface area contributed by atoms with E-state index in [4.69, 9.17) is 4.74 Å². The van der Waals surface area contributed by atoms with E-state index in [-0.39, 0.29) is 36.5 Å².